The van der Waals surface area contributed by atoms with Crippen molar-refractivity contribution in [2.75, 3.05) is 5.32 Å². The molecule has 0 aliphatic heterocycles. The van der Waals surface area contributed by atoms with Gasteiger partial charge in [0.05, 0.1) is 5.56 Å². The first-order chi connectivity index (χ1) is 15.9. The number of aryl methyl sites for hydroxylation is 4. The van der Waals surface area contributed by atoms with E-state index in [0.717, 1.165) is 52.5 Å². The number of anilines is 1. The minimum absolute atomic E-state index is 0.180. The lowest BCUT2D eigenvalue weighted by Crippen LogP contribution is -2.25. The van der Waals surface area contributed by atoms with E-state index < -0.39 is 0 Å². The smallest absolute Gasteiger partial charge is 0.292 e. The van der Waals surface area contributed by atoms with E-state index in [2.05, 4.69) is 21.7 Å². The summed E-state index contributed by atoms with van der Waals surface area (Å²) in [5, 5.41) is 7.48. The van der Waals surface area contributed by atoms with Gasteiger partial charge in [0.25, 0.3) is 11.8 Å². The van der Waals surface area contributed by atoms with Gasteiger partial charge >= 0.3 is 0 Å². The van der Waals surface area contributed by atoms with Crippen molar-refractivity contribution in [3.8, 4) is 0 Å². The van der Waals surface area contributed by atoms with Crippen molar-refractivity contribution >= 4 is 39.1 Å². The maximum absolute atomic E-state index is 13.2. The summed E-state index contributed by atoms with van der Waals surface area (Å²) in [4.78, 5) is 31.6. The lowest BCUT2D eigenvalue weighted by atomic mass is 10.0. The molecule has 3 heterocycles. The van der Waals surface area contributed by atoms with Crippen molar-refractivity contribution < 1.29 is 14.0 Å². The molecule has 1 aromatic carbocycles. The third-order valence-electron chi connectivity index (χ3n) is 6.31. The summed E-state index contributed by atoms with van der Waals surface area (Å²) in [6.45, 7) is 6.35. The molecule has 168 valence electrons. The Hall–Kier alpha value is -3.45. The number of fused-ring (bicyclic) bond motifs is 2. The van der Waals surface area contributed by atoms with Gasteiger partial charge in [-0.2, -0.15) is 0 Å². The van der Waals surface area contributed by atoms with Crippen molar-refractivity contribution in [3.63, 3.8) is 0 Å². The number of carbonyl (C=O) groups excluding carboxylic acids is 2. The molecule has 1 aliphatic rings. The van der Waals surface area contributed by atoms with Crippen LogP contribution in [0.3, 0.4) is 0 Å². The molecule has 33 heavy (non-hydrogen) atoms. The van der Waals surface area contributed by atoms with E-state index in [9.17, 15) is 9.59 Å². The lowest BCUT2D eigenvalue weighted by molar-refractivity contribution is 0.0951. The fraction of sp³-hybridized carbons (Fsp3) is 0.269. The molecule has 5 rings (SSSR count). The number of rotatable bonds is 5. The van der Waals surface area contributed by atoms with Crippen molar-refractivity contribution in [1.29, 1.82) is 0 Å². The van der Waals surface area contributed by atoms with Crippen LogP contribution < -0.4 is 10.6 Å². The van der Waals surface area contributed by atoms with Crippen LogP contribution in [0.2, 0.25) is 0 Å². The van der Waals surface area contributed by atoms with Crippen LogP contribution in [0.1, 0.15) is 60.0 Å². The molecule has 0 saturated heterocycles. The SMILES string of the molecule is Cc1cc2oc(C(=O)Nc3sc4c(c3C(=O)NCc3cccnc3)CCC4)c(C)c2cc1C. The van der Waals surface area contributed by atoms with E-state index >= 15 is 0 Å². The average Bonchev–Trinajstić information content (AvgIpc) is 3.47. The monoisotopic (exact) mass is 459 g/mol. The van der Waals surface area contributed by atoms with Gasteiger partial charge < -0.3 is 15.1 Å². The van der Waals surface area contributed by atoms with E-state index in [1.54, 1.807) is 12.4 Å². The molecule has 1 aliphatic carbocycles. The Balaban J connectivity index is 1.43. The van der Waals surface area contributed by atoms with Gasteiger partial charge in [-0.1, -0.05) is 6.07 Å². The first-order valence-electron chi connectivity index (χ1n) is 11.1. The van der Waals surface area contributed by atoms with E-state index in [1.807, 2.05) is 39.0 Å². The van der Waals surface area contributed by atoms with Crippen LogP contribution >= 0.6 is 11.3 Å². The number of furan rings is 1. The molecule has 0 radical (unpaired) electrons. The average molecular weight is 460 g/mol. The predicted molar refractivity (Wildman–Crippen MR) is 130 cm³/mol. The second-order valence-electron chi connectivity index (χ2n) is 8.55. The molecule has 4 aromatic rings. The second kappa shape index (κ2) is 8.48. The fourth-order valence-corrected chi connectivity index (χ4v) is 5.64. The highest BCUT2D eigenvalue weighted by Crippen LogP contribution is 2.39. The maximum Gasteiger partial charge on any atom is 0.292 e. The van der Waals surface area contributed by atoms with E-state index in [0.29, 0.717) is 22.7 Å². The third-order valence-corrected chi connectivity index (χ3v) is 7.52. The van der Waals surface area contributed by atoms with Gasteiger partial charge in [0.1, 0.15) is 10.6 Å². The van der Waals surface area contributed by atoms with Crippen LogP contribution in [0.25, 0.3) is 11.0 Å². The molecule has 6 nitrogen and oxygen atoms in total. The minimum Gasteiger partial charge on any atom is -0.451 e. The normalized spacial score (nSPS) is 12.7. The lowest BCUT2D eigenvalue weighted by Gasteiger charge is -2.09. The number of hydrogen-bond acceptors (Lipinski definition) is 5. The number of amides is 2. The Morgan fingerprint density at radius 2 is 1.94 bits per heavy atom. The molecular formula is C26H25N3O3S. The number of aromatic nitrogens is 1. The number of nitrogens with zero attached hydrogens (tertiary/aromatic N) is 1. The summed E-state index contributed by atoms with van der Waals surface area (Å²) in [6.07, 6.45) is 6.24. The van der Waals surface area contributed by atoms with Crippen LogP contribution in [-0.2, 0) is 19.4 Å². The quantitative estimate of drug-likeness (QED) is 0.414. The maximum atomic E-state index is 13.2. The van der Waals surface area contributed by atoms with Gasteiger partial charge in [-0.15, -0.1) is 11.3 Å². The zero-order valence-corrected chi connectivity index (χ0v) is 19.7. The van der Waals surface area contributed by atoms with Gasteiger partial charge in [0.15, 0.2) is 5.76 Å². The van der Waals surface area contributed by atoms with Gasteiger partial charge in [0, 0.05) is 34.8 Å². The second-order valence-corrected chi connectivity index (χ2v) is 9.65. The molecular weight excluding hydrogens is 434 g/mol. The number of nitrogens with one attached hydrogen (secondary N) is 2. The van der Waals surface area contributed by atoms with Gasteiger partial charge in [-0.25, -0.2) is 0 Å². The highest BCUT2D eigenvalue weighted by atomic mass is 32.1. The Kier molecular flexibility index (Phi) is 5.50. The highest BCUT2D eigenvalue weighted by Gasteiger charge is 2.29. The topological polar surface area (TPSA) is 84.2 Å². The van der Waals surface area contributed by atoms with Crippen molar-refractivity contribution in [1.82, 2.24) is 10.3 Å². The molecule has 0 atom stereocenters. The number of thiophene rings is 1. The Labute approximate surface area is 196 Å². The van der Waals surface area contributed by atoms with Crippen molar-refractivity contribution in [3.05, 3.63) is 80.7 Å². The van der Waals surface area contributed by atoms with Gasteiger partial charge in [0.2, 0.25) is 0 Å². The number of carbonyl (C=O) groups is 2. The largest absolute Gasteiger partial charge is 0.451 e. The van der Waals surface area contributed by atoms with Crippen molar-refractivity contribution in [2.45, 2.75) is 46.6 Å². The Morgan fingerprint density at radius 1 is 1.12 bits per heavy atom. The third kappa shape index (κ3) is 3.93. The molecule has 0 spiro atoms. The van der Waals surface area contributed by atoms with E-state index in [1.165, 1.54) is 16.2 Å². The Morgan fingerprint density at radius 3 is 2.73 bits per heavy atom. The van der Waals surface area contributed by atoms with Crippen LogP contribution in [0.4, 0.5) is 5.00 Å². The van der Waals surface area contributed by atoms with Crippen LogP contribution in [0.15, 0.2) is 41.1 Å². The summed E-state index contributed by atoms with van der Waals surface area (Å²) < 4.78 is 5.94. The van der Waals surface area contributed by atoms with Crippen LogP contribution in [0, 0.1) is 20.8 Å². The molecule has 2 N–H and O–H groups in total. The zero-order chi connectivity index (χ0) is 23.1. The summed E-state index contributed by atoms with van der Waals surface area (Å²) in [5.41, 5.74) is 6.32. The minimum atomic E-state index is -0.333. The number of hydrogen-bond donors (Lipinski definition) is 2. The van der Waals surface area contributed by atoms with E-state index in [-0.39, 0.29) is 17.6 Å². The molecule has 2 amide bonds. The van der Waals surface area contributed by atoms with Gasteiger partial charge in [-0.05, 0) is 80.5 Å². The molecule has 0 unspecified atom stereocenters. The highest BCUT2D eigenvalue weighted by molar-refractivity contribution is 7.17. The number of pyridine rings is 1. The van der Waals surface area contributed by atoms with Gasteiger partial charge in [-0.3, -0.25) is 14.6 Å². The summed E-state index contributed by atoms with van der Waals surface area (Å²) in [5.74, 6) is -0.230. The fourth-order valence-electron chi connectivity index (χ4n) is 4.36. The van der Waals surface area contributed by atoms with Crippen LogP contribution in [0.5, 0.6) is 0 Å². The molecule has 0 bridgehead atoms. The molecule has 0 saturated carbocycles. The van der Waals surface area contributed by atoms with E-state index in [4.69, 9.17) is 4.42 Å². The first-order valence-corrected chi connectivity index (χ1v) is 11.9. The Bertz CT molecular complexity index is 1390. The predicted octanol–water partition coefficient (Wildman–Crippen LogP) is 5.49. The first kappa shape index (κ1) is 21.4. The summed E-state index contributed by atoms with van der Waals surface area (Å²) in [7, 11) is 0. The standard InChI is InChI=1S/C26H25N3O3S/c1-14-10-19-16(3)23(32-20(19)11-15(14)2)25(31)29-26-22(18-7-4-8-21(18)33-26)24(30)28-13-17-6-5-9-27-12-17/h5-6,9-12H,4,7-8,13H2,1-3H3,(H,28,30)(H,29,31). The summed E-state index contributed by atoms with van der Waals surface area (Å²) in [6, 6.07) is 7.78. The summed E-state index contributed by atoms with van der Waals surface area (Å²) >= 11 is 1.49. The molecule has 0 fully saturated rings. The molecule has 3 aromatic heterocycles. The molecule has 7 heteroatoms. The van der Waals surface area contributed by atoms with Crippen LogP contribution in [-0.4, -0.2) is 16.8 Å². The van der Waals surface area contributed by atoms with Crippen molar-refractivity contribution in [2.24, 2.45) is 0 Å². The number of benzene rings is 1. The zero-order valence-electron chi connectivity index (χ0n) is 18.9.